The average Bonchev–Trinajstić information content (AvgIpc) is 2.48. The molecule has 1 aromatic heterocycles. The van der Waals surface area contributed by atoms with Crippen molar-refractivity contribution in [2.45, 2.75) is 26.9 Å². The Morgan fingerprint density at radius 1 is 1.56 bits per heavy atom. The maximum atomic E-state index is 9.67. The van der Waals surface area contributed by atoms with Crippen LogP contribution in [0.3, 0.4) is 0 Å². The second kappa shape index (κ2) is 4.99. The van der Waals surface area contributed by atoms with Crippen molar-refractivity contribution in [3.05, 3.63) is 11.3 Å². The number of aliphatic hydroxyl groups is 1. The number of anilines is 1. The SMILES string of the molecule is Cc1nn(C)c(NCC(O)C(C)C)c1C#N. The van der Waals surface area contributed by atoms with Crippen LogP contribution < -0.4 is 5.32 Å². The van der Waals surface area contributed by atoms with Crippen LogP contribution in [0.2, 0.25) is 0 Å². The van der Waals surface area contributed by atoms with E-state index < -0.39 is 6.10 Å². The maximum Gasteiger partial charge on any atom is 0.142 e. The molecule has 1 aromatic rings. The Bertz CT molecular complexity index is 403. The number of hydrogen-bond donors (Lipinski definition) is 2. The number of rotatable bonds is 4. The highest BCUT2D eigenvalue weighted by molar-refractivity contribution is 5.54. The van der Waals surface area contributed by atoms with Crippen molar-refractivity contribution in [3.63, 3.8) is 0 Å². The largest absolute Gasteiger partial charge is 0.391 e. The third-order valence-corrected chi connectivity index (χ3v) is 2.58. The Morgan fingerprint density at radius 2 is 2.19 bits per heavy atom. The van der Waals surface area contributed by atoms with Gasteiger partial charge in [-0.1, -0.05) is 13.8 Å². The molecular weight excluding hydrogens is 204 g/mol. The molecule has 16 heavy (non-hydrogen) atoms. The van der Waals surface area contributed by atoms with Crippen molar-refractivity contribution >= 4 is 5.82 Å². The summed E-state index contributed by atoms with van der Waals surface area (Å²) in [4.78, 5) is 0. The number of nitrogens with zero attached hydrogens (tertiary/aromatic N) is 3. The fourth-order valence-electron chi connectivity index (χ4n) is 1.43. The normalized spacial score (nSPS) is 12.6. The number of nitrogens with one attached hydrogen (secondary N) is 1. The van der Waals surface area contributed by atoms with Crippen LogP contribution in [-0.2, 0) is 7.05 Å². The quantitative estimate of drug-likeness (QED) is 0.798. The van der Waals surface area contributed by atoms with Gasteiger partial charge in [-0.05, 0) is 12.8 Å². The molecule has 5 heteroatoms. The van der Waals surface area contributed by atoms with Crippen LogP contribution in [-0.4, -0.2) is 27.5 Å². The zero-order valence-corrected chi connectivity index (χ0v) is 10.2. The van der Waals surface area contributed by atoms with Crippen LogP contribution in [0.25, 0.3) is 0 Å². The third kappa shape index (κ3) is 2.52. The summed E-state index contributed by atoms with van der Waals surface area (Å²) >= 11 is 0. The van der Waals surface area contributed by atoms with Gasteiger partial charge in [0, 0.05) is 13.6 Å². The molecule has 5 nitrogen and oxygen atoms in total. The monoisotopic (exact) mass is 222 g/mol. The number of aryl methyl sites for hydroxylation is 2. The third-order valence-electron chi connectivity index (χ3n) is 2.58. The van der Waals surface area contributed by atoms with Crippen LogP contribution in [0.5, 0.6) is 0 Å². The minimum atomic E-state index is -0.429. The van der Waals surface area contributed by atoms with E-state index in [4.69, 9.17) is 5.26 Å². The van der Waals surface area contributed by atoms with E-state index in [0.29, 0.717) is 23.6 Å². The van der Waals surface area contributed by atoms with Crippen molar-refractivity contribution in [1.82, 2.24) is 9.78 Å². The predicted octanol–water partition coefficient (Wildman–Crippen LogP) is 1.03. The van der Waals surface area contributed by atoms with Gasteiger partial charge in [0.1, 0.15) is 17.5 Å². The Labute approximate surface area is 95.7 Å². The highest BCUT2D eigenvalue weighted by Gasteiger charge is 2.15. The van der Waals surface area contributed by atoms with Crippen molar-refractivity contribution in [3.8, 4) is 6.07 Å². The summed E-state index contributed by atoms with van der Waals surface area (Å²) in [5, 5.41) is 25.9. The van der Waals surface area contributed by atoms with E-state index in [1.54, 1.807) is 18.7 Å². The molecule has 0 fully saturated rings. The summed E-state index contributed by atoms with van der Waals surface area (Å²) in [6.45, 7) is 6.12. The first-order chi connectivity index (χ1) is 7.47. The first-order valence-corrected chi connectivity index (χ1v) is 5.33. The average molecular weight is 222 g/mol. The smallest absolute Gasteiger partial charge is 0.142 e. The molecule has 2 N–H and O–H groups in total. The zero-order valence-electron chi connectivity index (χ0n) is 10.2. The molecule has 0 aliphatic heterocycles. The minimum absolute atomic E-state index is 0.187. The van der Waals surface area contributed by atoms with Crippen molar-refractivity contribution < 1.29 is 5.11 Å². The lowest BCUT2D eigenvalue weighted by Gasteiger charge is -2.15. The van der Waals surface area contributed by atoms with Crippen molar-refractivity contribution in [2.75, 3.05) is 11.9 Å². The van der Waals surface area contributed by atoms with Gasteiger partial charge in [-0.3, -0.25) is 4.68 Å². The van der Waals surface area contributed by atoms with Crippen LogP contribution in [0.1, 0.15) is 25.1 Å². The van der Waals surface area contributed by atoms with Gasteiger partial charge in [-0.25, -0.2) is 0 Å². The molecule has 88 valence electrons. The van der Waals surface area contributed by atoms with E-state index >= 15 is 0 Å². The van der Waals surface area contributed by atoms with E-state index in [-0.39, 0.29) is 5.92 Å². The molecule has 0 saturated carbocycles. The van der Waals surface area contributed by atoms with Gasteiger partial charge in [0.15, 0.2) is 0 Å². The molecule has 0 aliphatic carbocycles. The van der Waals surface area contributed by atoms with E-state index in [2.05, 4.69) is 16.5 Å². The summed E-state index contributed by atoms with van der Waals surface area (Å²) in [6, 6.07) is 2.11. The highest BCUT2D eigenvalue weighted by atomic mass is 16.3. The molecule has 0 radical (unpaired) electrons. The van der Waals surface area contributed by atoms with Crippen LogP contribution >= 0.6 is 0 Å². The molecule has 0 saturated heterocycles. The fourth-order valence-corrected chi connectivity index (χ4v) is 1.43. The topological polar surface area (TPSA) is 73.9 Å². The summed E-state index contributed by atoms with van der Waals surface area (Å²) in [5.74, 6) is 0.854. The lowest BCUT2D eigenvalue weighted by molar-refractivity contribution is 0.137. The Morgan fingerprint density at radius 3 is 2.69 bits per heavy atom. The molecule has 0 spiro atoms. The van der Waals surface area contributed by atoms with E-state index in [9.17, 15) is 5.11 Å². The number of aromatic nitrogens is 2. The lowest BCUT2D eigenvalue weighted by Crippen LogP contribution is -2.25. The van der Waals surface area contributed by atoms with Crippen LogP contribution in [0.4, 0.5) is 5.82 Å². The van der Waals surface area contributed by atoms with Gasteiger partial charge < -0.3 is 10.4 Å². The maximum absolute atomic E-state index is 9.67. The molecule has 0 aliphatic rings. The standard InChI is InChI=1S/C11H18N4O/c1-7(2)10(16)6-13-11-9(5-12)8(3)14-15(11)4/h7,10,13,16H,6H2,1-4H3. The summed E-state index contributed by atoms with van der Waals surface area (Å²) in [5.41, 5.74) is 1.24. The number of nitriles is 1. The Balaban J connectivity index is 2.78. The number of aliphatic hydroxyl groups excluding tert-OH is 1. The Hall–Kier alpha value is -1.54. The van der Waals surface area contributed by atoms with E-state index in [0.717, 1.165) is 0 Å². The summed E-state index contributed by atoms with van der Waals surface area (Å²) < 4.78 is 1.63. The summed E-state index contributed by atoms with van der Waals surface area (Å²) in [6.07, 6.45) is -0.429. The molecule has 1 rings (SSSR count). The van der Waals surface area contributed by atoms with Crippen molar-refractivity contribution in [1.29, 1.82) is 5.26 Å². The van der Waals surface area contributed by atoms with Gasteiger partial charge >= 0.3 is 0 Å². The molecule has 0 aromatic carbocycles. The van der Waals surface area contributed by atoms with Crippen molar-refractivity contribution in [2.24, 2.45) is 13.0 Å². The molecule has 0 bridgehead atoms. The van der Waals surface area contributed by atoms with Gasteiger partial charge in [0.2, 0.25) is 0 Å². The molecule has 1 atom stereocenters. The van der Waals surface area contributed by atoms with Gasteiger partial charge in [-0.2, -0.15) is 10.4 Å². The predicted molar refractivity (Wildman–Crippen MR) is 62.0 cm³/mol. The zero-order chi connectivity index (χ0) is 12.3. The molecule has 1 unspecified atom stereocenters. The summed E-state index contributed by atoms with van der Waals surface area (Å²) in [7, 11) is 1.78. The van der Waals surface area contributed by atoms with Crippen LogP contribution in [0, 0.1) is 24.2 Å². The number of hydrogen-bond acceptors (Lipinski definition) is 4. The first-order valence-electron chi connectivity index (χ1n) is 5.33. The van der Waals surface area contributed by atoms with Gasteiger partial charge in [-0.15, -0.1) is 0 Å². The molecule has 1 heterocycles. The van der Waals surface area contributed by atoms with E-state index in [1.165, 1.54) is 0 Å². The Kier molecular flexibility index (Phi) is 3.91. The first kappa shape index (κ1) is 12.5. The molecule has 0 amide bonds. The highest BCUT2D eigenvalue weighted by Crippen LogP contribution is 2.17. The molecular formula is C11H18N4O. The minimum Gasteiger partial charge on any atom is -0.391 e. The lowest BCUT2D eigenvalue weighted by atomic mass is 10.1. The fraction of sp³-hybridized carbons (Fsp3) is 0.636. The second-order valence-corrected chi connectivity index (χ2v) is 4.24. The van der Waals surface area contributed by atoms with E-state index in [1.807, 2.05) is 13.8 Å². The second-order valence-electron chi connectivity index (χ2n) is 4.24. The van der Waals surface area contributed by atoms with Crippen LogP contribution in [0.15, 0.2) is 0 Å². The van der Waals surface area contributed by atoms with Gasteiger partial charge in [0.25, 0.3) is 0 Å². The van der Waals surface area contributed by atoms with Gasteiger partial charge in [0.05, 0.1) is 11.8 Å².